The summed E-state index contributed by atoms with van der Waals surface area (Å²) in [6.45, 7) is 7.91. The molecule has 2 heterocycles. The van der Waals surface area contributed by atoms with E-state index in [0.717, 1.165) is 27.6 Å². The fraction of sp³-hybridized carbons (Fsp3) is 0.417. The highest BCUT2D eigenvalue weighted by Gasteiger charge is 2.14. The topological polar surface area (TPSA) is 43.6 Å². The van der Waals surface area contributed by atoms with Crippen molar-refractivity contribution in [3.8, 4) is 5.82 Å². The van der Waals surface area contributed by atoms with Gasteiger partial charge in [0.05, 0.1) is 16.4 Å². The largest absolute Gasteiger partial charge is 0.226 e. The zero-order chi connectivity index (χ0) is 13.4. The SMILES string of the molecule is Cc1nn(-c2cc(Br)nc(C(C)C)n2)c(C)c1Cl. The van der Waals surface area contributed by atoms with E-state index in [1.807, 2.05) is 19.9 Å². The van der Waals surface area contributed by atoms with Gasteiger partial charge >= 0.3 is 0 Å². The summed E-state index contributed by atoms with van der Waals surface area (Å²) in [6.07, 6.45) is 0. The van der Waals surface area contributed by atoms with E-state index in [2.05, 4.69) is 44.8 Å². The first kappa shape index (κ1) is 13.5. The Balaban J connectivity index is 2.60. The van der Waals surface area contributed by atoms with Crippen molar-refractivity contribution in [2.24, 2.45) is 0 Å². The first-order chi connectivity index (χ1) is 8.40. The lowest BCUT2D eigenvalue weighted by molar-refractivity contribution is 0.731. The molecule has 0 aromatic carbocycles. The summed E-state index contributed by atoms with van der Waals surface area (Å²) in [6, 6.07) is 1.83. The summed E-state index contributed by atoms with van der Waals surface area (Å²) < 4.78 is 2.50. The lowest BCUT2D eigenvalue weighted by Gasteiger charge is -2.08. The smallest absolute Gasteiger partial charge is 0.158 e. The second-order valence-electron chi connectivity index (χ2n) is 4.46. The van der Waals surface area contributed by atoms with Crippen molar-refractivity contribution in [2.45, 2.75) is 33.6 Å². The third-order valence-electron chi connectivity index (χ3n) is 2.64. The number of hydrogen-bond donors (Lipinski definition) is 0. The fourth-order valence-electron chi connectivity index (χ4n) is 1.64. The van der Waals surface area contributed by atoms with Gasteiger partial charge in [0.2, 0.25) is 0 Å². The zero-order valence-corrected chi connectivity index (χ0v) is 13.0. The molecule has 6 heteroatoms. The molecule has 0 radical (unpaired) electrons. The Hall–Kier alpha value is -0.940. The van der Waals surface area contributed by atoms with Crippen molar-refractivity contribution in [1.29, 1.82) is 0 Å². The molecule has 0 saturated heterocycles. The number of nitrogens with zero attached hydrogens (tertiary/aromatic N) is 4. The van der Waals surface area contributed by atoms with Gasteiger partial charge in [0.25, 0.3) is 0 Å². The van der Waals surface area contributed by atoms with Crippen molar-refractivity contribution < 1.29 is 0 Å². The highest BCUT2D eigenvalue weighted by atomic mass is 79.9. The van der Waals surface area contributed by atoms with E-state index in [0.29, 0.717) is 5.02 Å². The van der Waals surface area contributed by atoms with Crippen molar-refractivity contribution in [1.82, 2.24) is 19.7 Å². The molecule has 0 N–H and O–H groups in total. The normalized spacial score (nSPS) is 11.3. The molecule has 2 aromatic rings. The summed E-state index contributed by atoms with van der Waals surface area (Å²) in [5, 5.41) is 5.07. The van der Waals surface area contributed by atoms with Gasteiger partial charge in [-0.15, -0.1) is 0 Å². The molecular formula is C12H14BrClN4. The number of hydrogen-bond acceptors (Lipinski definition) is 3. The maximum Gasteiger partial charge on any atom is 0.158 e. The molecule has 2 aromatic heterocycles. The van der Waals surface area contributed by atoms with Gasteiger partial charge in [0.1, 0.15) is 10.4 Å². The van der Waals surface area contributed by atoms with E-state index in [1.165, 1.54) is 0 Å². The van der Waals surface area contributed by atoms with Gasteiger partial charge in [-0.2, -0.15) is 5.10 Å². The van der Waals surface area contributed by atoms with Gasteiger partial charge in [-0.05, 0) is 29.8 Å². The molecule has 2 rings (SSSR count). The van der Waals surface area contributed by atoms with Crippen LogP contribution >= 0.6 is 27.5 Å². The van der Waals surface area contributed by atoms with Crippen LogP contribution in [0, 0.1) is 13.8 Å². The predicted octanol–water partition coefficient (Wildman–Crippen LogP) is 3.82. The van der Waals surface area contributed by atoms with Gasteiger partial charge in [0, 0.05) is 12.0 Å². The van der Waals surface area contributed by atoms with Crippen LogP contribution in [0.25, 0.3) is 5.82 Å². The molecule has 0 fully saturated rings. The van der Waals surface area contributed by atoms with Crippen molar-refractivity contribution >= 4 is 27.5 Å². The minimum absolute atomic E-state index is 0.258. The highest BCUT2D eigenvalue weighted by Crippen LogP contribution is 2.23. The van der Waals surface area contributed by atoms with Crippen LogP contribution in [-0.4, -0.2) is 19.7 Å². The molecule has 96 valence electrons. The minimum atomic E-state index is 0.258. The molecule has 0 atom stereocenters. The Labute approximate surface area is 120 Å². The molecule has 0 aliphatic rings. The van der Waals surface area contributed by atoms with Crippen molar-refractivity contribution in [3.05, 3.63) is 32.9 Å². The summed E-state index contributed by atoms with van der Waals surface area (Å²) in [5.41, 5.74) is 1.68. The Morgan fingerprint density at radius 1 is 1.28 bits per heavy atom. The third-order valence-corrected chi connectivity index (χ3v) is 3.59. The van der Waals surface area contributed by atoms with Gasteiger partial charge in [0.15, 0.2) is 5.82 Å². The van der Waals surface area contributed by atoms with E-state index < -0.39 is 0 Å². The Morgan fingerprint density at radius 3 is 2.44 bits per heavy atom. The van der Waals surface area contributed by atoms with Gasteiger partial charge in [-0.1, -0.05) is 25.4 Å². The summed E-state index contributed by atoms with van der Waals surface area (Å²) in [4.78, 5) is 8.87. The fourth-order valence-corrected chi connectivity index (χ4v) is 2.14. The zero-order valence-electron chi connectivity index (χ0n) is 10.7. The van der Waals surface area contributed by atoms with Crippen LogP contribution < -0.4 is 0 Å². The van der Waals surface area contributed by atoms with Crippen LogP contribution in [-0.2, 0) is 0 Å². The van der Waals surface area contributed by atoms with E-state index >= 15 is 0 Å². The predicted molar refractivity (Wildman–Crippen MR) is 75.4 cm³/mol. The maximum atomic E-state index is 6.15. The molecular weight excluding hydrogens is 316 g/mol. The molecule has 0 unspecified atom stereocenters. The Morgan fingerprint density at radius 2 is 1.94 bits per heavy atom. The van der Waals surface area contributed by atoms with Crippen molar-refractivity contribution in [3.63, 3.8) is 0 Å². The van der Waals surface area contributed by atoms with Crippen LogP contribution in [0.4, 0.5) is 0 Å². The van der Waals surface area contributed by atoms with Crippen molar-refractivity contribution in [2.75, 3.05) is 0 Å². The second-order valence-corrected chi connectivity index (χ2v) is 5.65. The summed E-state index contributed by atoms with van der Waals surface area (Å²) in [7, 11) is 0. The molecule has 0 aliphatic heterocycles. The molecule has 4 nitrogen and oxygen atoms in total. The molecule has 0 saturated carbocycles. The molecule has 0 aliphatic carbocycles. The average Bonchev–Trinajstić information content (AvgIpc) is 2.56. The number of halogens is 2. The lowest BCUT2D eigenvalue weighted by Crippen LogP contribution is -2.07. The van der Waals surface area contributed by atoms with Gasteiger partial charge < -0.3 is 0 Å². The van der Waals surface area contributed by atoms with Crippen LogP contribution in [0.1, 0.15) is 37.0 Å². The van der Waals surface area contributed by atoms with E-state index in [9.17, 15) is 0 Å². The van der Waals surface area contributed by atoms with Gasteiger partial charge in [-0.3, -0.25) is 0 Å². The number of aromatic nitrogens is 4. The molecule has 0 bridgehead atoms. The highest BCUT2D eigenvalue weighted by molar-refractivity contribution is 9.10. The van der Waals surface area contributed by atoms with Gasteiger partial charge in [-0.25, -0.2) is 14.6 Å². The third kappa shape index (κ3) is 2.42. The quantitative estimate of drug-likeness (QED) is 0.787. The first-order valence-corrected chi connectivity index (χ1v) is 6.83. The molecule has 0 spiro atoms. The standard InChI is InChI=1S/C12H14BrClN4/c1-6(2)12-15-9(13)5-10(16-12)18-8(4)11(14)7(3)17-18/h5-6H,1-4H3. The Kier molecular flexibility index (Phi) is 3.73. The lowest BCUT2D eigenvalue weighted by atomic mass is 10.2. The average molecular weight is 330 g/mol. The summed E-state index contributed by atoms with van der Waals surface area (Å²) >= 11 is 9.56. The summed E-state index contributed by atoms with van der Waals surface area (Å²) in [5.74, 6) is 1.77. The number of rotatable bonds is 2. The monoisotopic (exact) mass is 328 g/mol. The molecule has 18 heavy (non-hydrogen) atoms. The van der Waals surface area contributed by atoms with Crippen LogP contribution in [0.15, 0.2) is 10.7 Å². The van der Waals surface area contributed by atoms with E-state index in [1.54, 1.807) is 4.68 Å². The molecule has 0 amide bonds. The van der Waals surface area contributed by atoms with Crippen LogP contribution in [0.3, 0.4) is 0 Å². The van der Waals surface area contributed by atoms with E-state index in [-0.39, 0.29) is 5.92 Å². The number of aryl methyl sites for hydroxylation is 1. The van der Waals surface area contributed by atoms with Crippen LogP contribution in [0.5, 0.6) is 0 Å². The Bertz CT molecular complexity index is 592. The van der Waals surface area contributed by atoms with E-state index in [4.69, 9.17) is 11.6 Å². The maximum absolute atomic E-state index is 6.15. The first-order valence-electron chi connectivity index (χ1n) is 5.66. The minimum Gasteiger partial charge on any atom is -0.226 e. The second kappa shape index (κ2) is 4.97. The van der Waals surface area contributed by atoms with Crippen LogP contribution in [0.2, 0.25) is 5.02 Å².